The number of anilines is 1. The lowest BCUT2D eigenvalue weighted by molar-refractivity contribution is -0.384. The minimum Gasteiger partial charge on any atom is -0.497 e. The first-order chi connectivity index (χ1) is 13.1. The largest absolute Gasteiger partial charge is 0.497 e. The summed E-state index contributed by atoms with van der Waals surface area (Å²) in [6, 6.07) is 12.2. The van der Waals surface area contributed by atoms with Crippen molar-refractivity contribution in [3.63, 3.8) is 0 Å². The summed E-state index contributed by atoms with van der Waals surface area (Å²) in [4.78, 5) is 17.4. The first kappa shape index (κ1) is 18.4. The summed E-state index contributed by atoms with van der Waals surface area (Å²) in [6.07, 6.45) is 0. The first-order valence-electron chi connectivity index (χ1n) is 8.59. The van der Waals surface area contributed by atoms with Gasteiger partial charge in [0, 0.05) is 30.3 Å². The molecule has 0 unspecified atom stereocenters. The maximum absolute atomic E-state index is 11.5. The molecule has 0 atom stereocenters. The monoisotopic (exact) mass is 368 g/mol. The molecule has 0 bridgehead atoms. The molecule has 0 N–H and O–H groups in total. The molecule has 0 spiro atoms. The highest BCUT2D eigenvalue weighted by Gasteiger charge is 2.21. The van der Waals surface area contributed by atoms with Gasteiger partial charge in [-0.3, -0.25) is 10.1 Å². The van der Waals surface area contributed by atoms with E-state index in [1.807, 2.05) is 30.9 Å². The van der Waals surface area contributed by atoms with Crippen molar-refractivity contribution in [1.29, 1.82) is 0 Å². The van der Waals surface area contributed by atoms with Crippen LogP contribution in [0.4, 0.5) is 11.4 Å². The highest BCUT2D eigenvalue weighted by atomic mass is 16.6. The fourth-order valence-electron chi connectivity index (χ4n) is 2.83. The van der Waals surface area contributed by atoms with Crippen molar-refractivity contribution >= 4 is 11.4 Å². The summed E-state index contributed by atoms with van der Waals surface area (Å²) >= 11 is 0. The van der Waals surface area contributed by atoms with Crippen LogP contribution < -0.4 is 9.64 Å². The van der Waals surface area contributed by atoms with E-state index in [1.165, 1.54) is 6.07 Å². The third-order valence-electron chi connectivity index (χ3n) is 4.30. The van der Waals surface area contributed by atoms with Crippen LogP contribution in [0.5, 0.6) is 5.75 Å². The van der Waals surface area contributed by atoms with Gasteiger partial charge in [-0.05, 0) is 50.2 Å². The van der Waals surface area contributed by atoms with Crippen LogP contribution in [0.1, 0.15) is 13.8 Å². The van der Waals surface area contributed by atoms with Gasteiger partial charge >= 0.3 is 0 Å². The molecule has 140 valence electrons. The van der Waals surface area contributed by atoms with Crippen LogP contribution in [0.2, 0.25) is 0 Å². The molecule has 1 heterocycles. The number of methoxy groups -OCH3 is 1. The van der Waals surface area contributed by atoms with E-state index in [1.54, 1.807) is 31.4 Å². The Balaban J connectivity index is 1.96. The topological polar surface area (TPSA) is 94.5 Å². The van der Waals surface area contributed by atoms with E-state index in [-0.39, 0.29) is 11.6 Å². The Morgan fingerprint density at radius 2 is 1.78 bits per heavy atom. The summed E-state index contributed by atoms with van der Waals surface area (Å²) in [5.41, 5.74) is 1.86. The van der Waals surface area contributed by atoms with Crippen molar-refractivity contribution in [2.24, 2.45) is 0 Å². The highest BCUT2D eigenvalue weighted by molar-refractivity contribution is 5.71. The molecular weight excluding hydrogens is 348 g/mol. The smallest absolute Gasteiger partial charge is 0.293 e. The van der Waals surface area contributed by atoms with E-state index in [4.69, 9.17) is 9.26 Å². The van der Waals surface area contributed by atoms with Gasteiger partial charge in [-0.2, -0.15) is 4.98 Å². The van der Waals surface area contributed by atoms with Crippen LogP contribution >= 0.6 is 0 Å². The van der Waals surface area contributed by atoms with E-state index >= 15 is 0 Å². The number of nitro benzene ring substituents is 1. The van der Waals surface area contributed by atoms with Crippen LogP contribution in [0.25, 0.3) is 22.8 Å². The van der Waals surface area contributed by atoms with E-state index in [0.29, 0.717) is 30.2 Å². The van der Waals surface area contributed by atoms with Crippen LogP contribution in [0.3, 0.4) is 0 Å². The summed E-state index contributed by atoms with van der Waals surface area (Å²) in [7, 11) is 1.59. The molecule has 0 amide bonds. The van der Waals surface area contributed by atoms with Gasteiger partial charge in [0.15, 0.2) is 0 Å². The fourth-order valence-corrected chi connectivity index (χ4v) is 2.83. The molecule has 2 aromatic carbocycles. The molecule has 0 saturated carbocycles. The van der Waals surface area contributed by atoms with Crippen molar-refractivity contribution < 1.29 is 14.2 Å². The van der Waals surface area contributed by atoms with Gasteiger partial charge in [0.2, 0.25) is 5.82 Å². The Hall–Kier alpha value is -3.42. The predicted molar refractivity (Wildman–Crippen MR) is 102 cm³/mol. The summed E-state index contributed by atoms with van der Waals surface area (Å²) in [6.45, 7) is 5.28. The van der Waals surface area contributed by atoms with E-state index in [9.17, 15) is 10.1 Å². The Kier molecular flexibility index (Phi) is 5.35. The molecule has 0 aliphatic heterocycles. The number of nitro groups is 1. The number of hydrogen-bond donors (Lipinski definition) is 0. The van der Waals surface area contributed by atoms with Crippen molar-refractivity contribution in [2.75, 3.05) is 25.1 Å². The van der Waals surface area contributed by atoms with Gasteiger partial charge in [-0.1, -0.05) is 5.16 Å². The van der Waals surface area contributed by atoms with Gasteiger partial charge in [0.25, 0.3) is 11.6 Å². The van der Waals surface area contributed by atoms with Crippen LogP contribution in [0, 0.1) is 10.1 Å². The third-order valence-corrected chi connectivity index (χ3v) is 4.30. The maximum atomic E-state index is 11.5. The van der Waals surface area contributed by atoms with E-state index in [0.717, 1.165) is 11.3 Å². The van der Waals surface area contributed by atoms with Crippen molar-refractivity contribution in [2.45, 2.75) is 13.8 Å². The fraction of sp³-hybridized carbons (Fsp3) is 0.263. The highest BCUT2D eigenvalue weighted by Crippen LogP contribution is 2.33. The summed E-state index contributed by atoms with van der Waals surface area (Å²) < 4.78 is 10.5. The Morgan fingerprint density at radius 3 is 2.37 bits per heavy atom. The minimum atomic E-state index is -0.391. The van der Waals surface area contributed by atoms with Gasteiger partial charge in [0.05, 0.1) is 12.0 Å². The molecule has 3 rings (SSSR count). The lowest BCUT2D eigenvalue weighted by Crippen LogP contribution is -2.22. The molecule has 3 aromatic rings. The van der Waals surface area contributed by atoms with Gasteiger partial charge in [-0.25, -0.2) is 0 Å². The van der Waals surface area contributed by atoms with E-state index < -0.39 is 4.92 Å². The molecule has 0 saturated heterocycles. The Morgan fingerprint density at radius 1 is 1.11 bits per heavy atom. The Labute approximate surface area is 156 Å². The zero-order valence-electron chi connectivity index (χ0n) is 15.4. The molecule has 8 nitrogen and oxygen atoms in total. The molecule has 0 radical (unpaired) electrons. The zero-order chi connectivity index (χ0) is 19.4. The van der Waals surface area contributed by atoms with Crippen molar-refractivity contribution in [3.8, 4) is 28.6 Å². The average Bonchev–Trinajstić information content (AvgIpc) is 3.19. The lowest BCUT2D eigenvalue weighted by Gasteiger charge is -2.20. The Bertz CT molecular complexity index is 933. The number of hydrogen-bond acceptors (Lipinski definition) is 7. The molecule has 1 aromatic heterocycles. The maximum Gasteiger partial charge on any atom is 0.293 e. The number of nitrogens with zero attached hydrogens (tertiary/aromatic N) is 4. The average molecular weight is 368 g/mol. The molecule has 0 fully saturated rings. The minimum absolute atomic E-state index is 0.0143. The SMILES string of the molecule is CCN(CC)c1ccc(-c2nc(-c3ccc(OC)cc3)no2)cc1[N+](=O)[O-]. The van der Waals surface area contributed by atoms with Crippen molar-refractivity contribution in [3.05, 3.63) is 52.6 Å². The van der Waals surface area contributed by atoms with Gasteiger partial charge in [-0.15, -0.1) is 0 Å². The summed E-state index contributed by atoms with van der Waals surface area (Å²) in [5, 5.41) is 15.5. The lowest BCUT2D eigenvalue weighted by atomic mass is 10.1. The normalized spacial score (nSPS) is 10.6. The second kappa shape index (κ2) is 7.86. The van der Waals surface area contributed by atoms with Crippen LogP contribution in [0.15, 0.2) is 47.0 Å². The molecule has 27 heavy (non-hydrogen) atoms. The molecular formula is C19H20N4O4. The second-order valence-corrected chi connectivity index (χ2v) is 5.78. The first-order valence-corrected chi connectivity index (χ1v) is 8.59. The van der Waals surface area contributed by atoms with Crippen molar-refractivity contribution in [1.82, 2.24) is 10.1 Å². The van der Waals surface area contributed by atoms with Gasteiger partial charge in [0.1, 0.15) is 11.4 Å². The molecule has 0 aliphatic carbocycles. The quantitative estimate of drug-likeness (QED) is 0.456. The van der Waals surface area contributed by atoms with E-state index in [2.05, 4.69) is 10.1 Å². The third kappa shape index (κ3) is 3.74. The number of aromatic nitrogens is 2. The van der Waals surface area contributed by atoms with Gasteiger partial charge < -0.3 is 14.2 Å². The predicted octanol–water partition coefficient (Wildman–Crippen LogP) is 4.17. The number of benzene rings is 2. The van der Waals surface area contributed by atoms with Crippen LogP contribution in [-0.4, -0.2) is 35.3 Å². The standard InChI is InChI=1S/C19H20N4O4/c1-4-22(5-2)16-11-8-14(12-17(16)23(24)25)19-20-18(21-27-19)13-6-9-15(26-3)10-7-13/h6-12H,4-5H2,1-3H3. The van der Waals surface area contributed by atoms with Crippen LogP contribution in [-0.2, 0) is 0 Å². The zero-order valence-corrected chi connectivity index (χ0v) is 15.4. The number of ether oxygens (including phenoxy) is 1. The molecule has 8 heteroatoms. The number of rotatable bonds is 7. The molecule has 0 aliphatic rings. The summed E-state index contributed by atoms with van der Waals surface area (Å²) in [5.74, 6) is 1.36. The second-order valence-electron chi connectivity index (χ2n) is 5.78.